The molecule has 1 amide bonds. The van der Waals surface area contributed by atoms with Crippen LogP contribution in [-0.2, 0) is 9.53 Å². The lowest BCUT2D eigenvalue weighted by Gasteiger charge is -2.21. The van der Waals surface area contributed by atoms with E-state index in [1.54, 1.807) is 0 Å². The number of rotatable bonds is 7. The Kier molecular flexibility index (Phi) is 5.34. The van der Waals surface area contributed by atoms with Gasteiger partial charge in [0, 0.05) is 12.6 Å². The van der Waals surface area contributed by atoms with E-state index in [9.17, 15) is 4.79 Å². The Hall–Kier alpha value is -1.63. The maximum Gasteiger partial charge on any atom is 0.262 e. The molecule has 0 fully saturated rings. The molecule has 0 bridgehead atoms. The first-order valence-electron chi connectivity index (χ1n) is 6.69. The van der Waals surface area contributed by atoms with Gasteiger partial charge in [-0.2, -0.15) is 0 Å². The molecule has 1 aliphatic rings. The van der Waals surface area contributed by atoms with Crippen molar-refractivity contribution in [2.24, 2.45) is 0 Å². The Bertz CT molecular complexity index is 464. The lowest BCUT2D eigenvalue weighted by Crippen LogP contribution is -2.26. The van der Waals surface area contributed by atoms with Crippen molar-refractivity contribution in [3.8, 4) is 5.75 Å². The van der Waals surface area contributed by atoms with E-state index in [0.29, 0.717) is 31.2 Å². The van der Waals surface area contributed by atoms with Crippen LogP contribution in [0.2, 0.25) is 0 Å². The first kappa shape index (κ1) is 14.8. The van der Waals surface area contributed by atoms with Crippen molar-refractivity contribution >= 4 is 11.6 Å². The summed E-state index contributed by atoms with van der Waals surface area (Å²) in [5, 5.41) is 14.7. The van der Waals surface area contributed by atoms with Crippen molar-refractivity contribution < 1.29 is 19.4 Å². The second-order valence-corrected chi connectivity index (χ2v) is 4.60. The molecule has 1 unspecified atom stereocenters. The molecule has 0 saturated carbocycles. The van der Waals surface area contributed by atoms with Gasteiger partial charge in [0.15, 0.2) is 6.61 Å². The number of aliphatic hydroxyl groups excluding tert-OH is 1. The van der Waals surface area contributed by atoms with Gasteiger partial charge in [-0.05, 0) is 24.6 Å². The van der Waals surface area contributed by atoms with E-state index in [2.05, 4.69) is 10.6 Å². The Balaban J connectivity index is 1.88. The fourth-order valence-electron chi connectivity index (χ4n) is 2.00. The molecule has 0 aliphatic carbocycles. The van der Waals surface area contributed by atoms with Crippen LogP contribution < -0.4 is 15.4 Å². The van der Waals surface area contributed by atoms with Gasteiger partial charge in [0.2, 0.25) is 0 Å². The molecule has 2 rings (SSSR count). The molecular formula is C14H20N2O4. The molecule has 0 radical (unpaired) electrons. The van der Waals surface area contributed by atoms with Gasteiger partial charge in [-0.1, -0.05) is 6.07 Å². The number of ether oxygens (including phenoxy) is 2. The molecule has 20 heavy (non-hydrogen) atoms. The second kappa shape index (κ2) is 7.23. The largest absolute Gasteiger partial charge is 0.482 e. The van der Waals surface area contributed by atoms with Gasteiger partial charge in [-0.15, -0.1) is 0 Å². The lowest BCUT2D eigenvalue weighted by atomic mass is 10.1. The smallest absolute Gasteiger partial charge is 0.262 e. The highest BCUT2D eigenvalue weighted by molar-refractivity contribution is 5.95. The second-order valence-electron chi connectivity index (χ2n) is 4.60. The Labute approximate surface area is 118 Å². The minimum absolute atomic E-state index is 0.0417. The highest BCUT2D eigenvalue weighted by atomic mass is 16.5. The number of anilines is 1. The minimum atomic E-state index is -0.132. The van der Waals surface area contributed by atoms with Crippen LogP contribution in [0, 0.1) is 0 Å². The quantitative estimate of drug-likeness (QED) is 0.640. The van der Waals surface area contributed by atoms with Crippen LogP contribution in [0.25, 0.3) is 0 Å². The molecular weight excluding hydrogens is 260 g/mol. The van der Waals surface area contributed by atoms with Crippen molar-refractivity contribution in [2.45, 2.75) is 13.0 Å². The van der Waals surface area contributed by atoms with Crippen molar-refractivity contribution in [3.05, 3.63) is 23.8 Å². The van der Waals surface area contributed by atoms with Gasteiger partial charge in [-0.3, -0.25) is 4.79 Å². The predicted octanol–water partition coefficient (Wildman–Crippen LogP) is 0.677. The van der Waals surface area contributed by atoms with Crippen LogP contribution in [0.1, 0.15) is 18.5 Å². The molecule has 6 nitrogen and oxygen atoms in total. The molecule has 1 aromatic rings. The highest BCUT2D eigenvalue weighted by Gasteiger charge is 2.17. The number of benzene rings is 1. The Morgan fingerprint density at radius 1 is 1.50 bits per heavy atom. The van der Waals surface area contributed by atoms with E-state index >= 15 is 0 Å². The average molecular weight is 280 g/mol. The van der Waals surface area contributed by atoms with Crippen molar-refractivity contribution in [1.29, 1.82) is 0 Å². The topological polar surface area (TPSA) is 79.8 Å². The van der Waals surface area contributed by atoms with E-state index in [4.69, 9.17) is 14.6 Å². The fourth-order valence-corrected chi connectivity index (χ4v) is 2.00. The zero-order valence-electron chi connectivity index (χ0n) is 11.5. The standard InChI is InChI=1S/C14H20N2O4/c1-10(15-4-6-19-7-5-17)11-2-3-13-12(8-11)16-14(18)9-20-13/h2-3,8,10,15,17H,4-7,9H2,1H3,(H,16,18). The number of amides is 1. The molecule has 0 spiro atoms. The molecule has 110 valence electrons. The van der Waals surface area contributed by atoms with Crippen molar-refractivity contribution in [1.82, 2.24) is 5.32 Å². The first-order chi connectivity index (χ1) is 9.70. The van der Waals surface area contributed by atoms with Gasteiger partial charge < -0.3 is 25.2 Å². The van der Waals surface area contributed by atoms with Crippen LogP contribution in [0.3, 0.4) is 0 Å². The molecule has 1 aliphatic heterocycles. The predicted molar refractivity (Wildman–Crippen MR) is 74.9 cm³/mol. The fraction of sp³-hybridized carbons (Fsp3) is 0.500. The van der Waals surface area contributed by atoms with E-state index < -0.39 is 0 Å². The Morgan fingerprint density at radius 3 is 3.15 bits per heavy atom. The maximum absolute atomic E-state index is 11.3. The number of carbonyl (C=O) groups is 1. The van der Waals surface area contributed by atoms with Crippen LogP contribution in [0.15, 0.2) is 18.2 Å². The molecule has 1 atom stereocenters. The highest BCUT2D eigenvalue weighted by Crippen LogP contribution is 2.30. The summed E-state index contributed by atoms with van der Waals surface area (Å²) in [4.78, 5) is 11.3. The minimum Gasteiger partial charge on any atom is -0.482 e. The molecule has 1 aromatic carbocycles. The summed E-state index contributed by atoms with van der Waals surface area (Å²) in [7, 11) is 0. The molecule has 6 heteroatoms. The van der Waals surface area contributed by atoms with Gasteiger partial charge in [0.05, 0.1) is 25.5 Å². The van der Waals surface area contributed by atoms with E-state index in [-0.39, 0.29) is 25.2 Å². The summed E-state index contributed by atoms with van der Waals surface area (Å²) in [5.41, 5.74) is 1.78. The van der Waals surface area contributed by atoms with Crippen molar-refractivity contribution in [2.75, 3.05) is 38.3 Å². The zero-order valence-corrected chi connectivity index (χ0v) is 11.5. The normalized spacial score (nSPS) is 15.2. The number of nitrogens with one attached hydrogen (secondary N) is 2. The molecule has 1 heterocycles. The SMILES string of the molecule is CC(NCCOCCO)c1ccc2c(c1)NC(=O)CO2. The van der Waals surface area contributed by atoms with Gasteiger partial charge in [0.25, 0.3) is 5.91 Å². The third kappa shape index (κ3) is 3.93. The summed E-state index contributed by atoms with van der Waals surface area (Å²) >= 11 is 0. The first-order valence-corrected chi connectivity index (χ1v) is 6.69. The average Bonchev–Trinajstić information content (AvgIpc) is 2.46. The van der Waals surface area contributed by atoms with E-state index in [1.165, 1.54) is 0 Å². The third-order valence-corrected chi connectivity index (χ3v) is 3.07. The zero-order chi connectivity index (χ0) is 14.4. The van der Waals surface area contributed by atoms with Gasteiger partial charge >= 0.3 is 0 Å². The van der Waals surface area contributed by atoms with E-state index in [1.807, 2.05) is 25.1 Å². The lowest BCUT2D eigenvalue weighted by molar-refractivity contribution is -0.118. The molecule has 0 saturated heterocycles. The summed E-state index contributed by atoms with van der Waals surface area (Å²) < 4.78 is 10.5. The third-order valence-electron chi connectivity index (χ3n) is 3.07. The molecule has 3 N–H and O–H groups in total. The Morgan fingerprint density at radius 2 is 2.35 bits per heavy atom. The maximum atomic E-state index is 11.3. The summed E-state index contributed by atoms with van der Waals surface area (Å²) in [6, 6.07) is 5.89. The number of hydrogen-bond acceptors (Lipinski definition) is 5. The number of hydrogen-bond donors (Lipinski definition) is 3. The van der Waals surface area contributed by atoms with Crippen LogP contribution >= 0.6 is 0 Å². The van der Waals surface area contributed by atoms with Crippen molar-refractivity contribution in [3.63, 3.8) is 0 Å². The van der Waals surface area contributed by atoms with Crippen LogP contribution in [0.4, 0.5) is 5.69 Å². The van der Waals surface area contributed by atoms with Crippen LogP contribution in [-0.4, -0.2) is 44.0 Å². The summed E-state index contributed by atoms with van der Waals surface area (Å²) in [6.45, 7) is 3.76. The number of aliphatic hydroxyl groups is 1. The molecule has 0 aromatic heterocycles. The summed E-state index contributed by atoms with van der Waals surface area (Å²) in [5.74, 6) is 0.569. The van der Waals surface area contributed by atoms with Gasteiger partial charge in [-0.25, -0.2) is 0 Å². The van der Waals surface area contributed by atoms with E-state index in [0.717, 1.165) is 5.56 Å². The monoisotopic (exact) mass is 280 g/mol. The van der Waals surface area contributed by atoms with Crippen LogP contribution in [0.5, 0.6) is 5.75 Å². The summed E-state index contributed by atoms with van der Waals surface area (Å²) in [6.07, 6.45) is 0. The number of fused-ring (bicyclic) bond motifs is 1. The number of carbonyl (C=O) groups excluding carboxylic acids is 1. The van der Waals surface area contributed by atoms with Gasteiger partial charge in [0.1, 0.15) is 5.75 Å².